The van der Waals surface area contributed by atoms with Crippen molar-refractivity contribution < 1.29 is 19.1 Å². The molecule has 4 aliphatic carbocycles. The number of esters is 1. The second kappa shape index (κ2) is 8.10. The summed E-state index contributed by atoms with van der Waals surface area (Å²) in [5.41, 5.74) is 1.13. The Morgan fingerprint density at radius 1 is 0.941 bits per heavy atom. The molecule has 0 unspecified atom stereocenters. The van der Waals surface area contributed by atoms with E-state index in [0.29, 0.717) is 23.7 Å². The lowest BCUT2D eigenvalue weighted by atomic mass is 9.45. The highest BCUT2D eigenvalue weighted by Gasteiger charge is 2.61. The van der Waals surface area contributed by atoms with E-state index < -0.39 is 0 Å². The van der Waals surface area contributed by atoms with Gasteiger partial charge in [-0.15, -0.1) is 0 Å². The molecule has 1 N–H and O–H groups in total. The minimum atomic E-state index is -0.300. The molecule has 7 atom stereocenters. The van der Waals surface area contributed by atoms with E-state index in [-0.39, 0.29) is 39.9 Å². The Morgan fingerprint density at radius 3 is 2.26 bits per heavy atom. The lowest BCUT2D eigenvalue weighted by molar-refractivity contribution is -0.160. The fourth-order valence-electron chi connectivity index (χ4n) is 8.57. The van der Waals surface area contributed by atoms with Gasteiger partial charge < -0.3 is 4.74 Å². The molecule has 0 radical (unpaired) electrons. The monoisotopic (exact) mass is 487 g/mol. The van der Waals surface area contributed by atoms with Crippen LogP contribution in [0, 0.1) is 39.9 Å². The third-order valence-corrected chi connectivity index (χ3v) is 11.0. The second-order valence-corrected chi connectivity index (χ2v) is 12.8. The molecule has 1 aliphatic heterocycles. The van der Waals surface area contributed by atoms with Crippen molar-refractivity contribution in [2.24, 2.45) is 34.5 Å². The molecule has 0 aromatic heterocycles. The van der Waals surface area contributed by atoms with Gasteiger partial charge in [0.15, 0.2) is 5.17 Å². The largest absolute Gasteiger partial charge is 0.462 e. The minimum absolute atomic E-state index is 0.0400. The quantitative estimate of drug-likeness (QED) is 0.521. The van der Waals surface area contributed by atoms with Gasteiger partial charge in [0, 0.05) is 31.1 Å². The first-order valence-corrected chi connectivity index (χ1v) is 13.6. The van der Waals surface area contributed by atoms with Crippen LogP contribution in [-0.4, -0.2) is 39.1 Å². The topological polar surface area (TPSA) is 90.8 Å². The molecule has 1 heterocycles. The summed E-state index contributed by atoms with van der Waals surface area (Å²) in [6.07, 6.45) is 8.33. The van der Waals surface area contributed by atoms with Crippen molar-refractivity contribution in [3.05, 3.63) is 10.6 Å². The molecule has 0 saturated heterocycles. The normalized spacial score (nSPS) is 41.3. The maximum atomic E-state index is 12.6. The van der Waals surface area contributed by atoms with Crippen LogP contribution in [0.25, 0.3) is 0 Å². The van der Waals surface area contributed by atoms with E-state index in [9.17, 15) is 14.4 Å². The Balaban J connectivity index is 1.45. The van der Waals surface area contributed by atoms with E-state index in [1.165, 1.54) is 49.0 Å². The fourth-order valence-corrected chi connectivity index (χ4v) is 9.77. The lowest BCUT2D eigenvalue weighted by Gasteiger charge is -2.61. The van der Waals surface area contributed by atoms with Gasteiger partial charge in [0.1, 0.15) is 6.10 Å². The van der Waals surface area contributed by atoms with Crippen LogP contribution in [0.1, 0.15) is 86.0 Å². The molecule has 3 saturated carbocycles. The van der Waals surface area contributed by atoms with E-state index in [4.69, 9.17) is 10.1 Å². The Kier molecular flexibility index (Phi) is 5.69. The summed E-state index contributed by atoms with van der Waals surface area (Å²) in [4.78, 5) is 37.7. The molecule has 186 valence electrons. The highest BCUT2D eigenvalue weighted by Crippen LogP contribution is 2.68. The number of nitrogens with zero attached hydrogens (tertiary/aromatic N) is 2. The van der Waals surface area contributed by atoms with Gasteiger partial charge >= 0.3 is 5.97 Å². The summed E-state index contributed by atoms with van der Waals surface area (Å²) >= 11 is 1.36. The van der Waals surface area contributed by atoms with Crippen LogP contribution < -0.4 is 0 Å². The van der Waals surface area contributed by atoms with E-state index in [1.54, 1.807) is 0 Å². The van der Waals surface area contributed by atoms with Crippen LogP contribution in [0.15, 0.2) is 10.6 Å². The van der Waals surface area contributed by atoms with Crippen molar-refractivity contribution in [2.45, 2.75) is 92.1 Å². The first kappa shape index (κ1) is 23.9. The smallest absolute Gasteiger partial charge is 0.302 e. The first-order chi connectivity index (χ1) is 16.0. The fraction of sp³-hybridized carbons (Fsp3) is 0.769. The maximum absolute atomic E-state index is 12.6. The van der Waals surface area contributed by atoms with E-state index in [2.05, 4.69) is 13.8 Å². The SMILES string of the molecule is CC(=O)O[C@H]1CC[C@H]2[C@@H]3CC[C@H]4CC5=C(C[C@]4(C)[C@H]3CC[C@]12C)SC(=N)N(C(C)=O)N5C(C)=O. The van der Waals surface area contributed by atoms with Crippen molar-refractivity contribution in [2.75, 3.05) is 0 Å². The summed E-state index contributed by atoms with van der Waals surface area (Å²) in [6.45, 7) is 9.22. The van der Waals surface area contributed by atoms with Crippen LogP contribution in [0.5, 0.6) is 0 Å². The molecule has 8 heteroatoms. The third kappa shape index (κ3) is 3.38. The van der Waals surface area contributed by atoms with Gasteiger partial charge in [-0.1, -0.05) is 25.6 Å². The van der Waals surface area contributed by atoms with Crippen LogP contribution in [-0.2, 0) is 19.1 Å². The molecular formula is C26H37N3O4S. The Labute approximate surface area is 206 Å². The van der Waals surface area contributed by atoms with Gasteiger partial charge in [0.05, 0.1) is 5.70 Å². The minimum Gasteiger partial charge on any atom is -0.462 e. The number of carbonyl (C=O) groups excluding carboxylic acids is 3. The number of amidine groups is 1. The van der Waals surface area contributed by atoms with Crippen LogP contribution >= 0.6 is 11.8 Å². The molecule has 0 bridgehead atoms. The molecule has 0 aromatic carbocycles. The molecule has 0 spiro atoms. The number of thioether (sulfide) groups is 1. The number of rotatable bonds is 1. The Bertz CT molecular complexity index is 995. The summed E-state index contributed by atoms with van der Waals surface area (Å²) in [7, 11) is 0. The second-order valence-electron chi connectivity index (χ2n) is 11.7. The van der Waals surface area contributed by atoms with Gasteiger partial charge in [-0.05, 0) is 80.5 Å². The molecule has 5 rings (SSSR count). The molecular weight excluding hydrogens is 450 g/mol. The van der Waals surface area contributed by atoms with Crippen molar-refractivity contribution in [1.82, 2.24) is 10.0 Å². The van der Waals surface area contributed by atoms with Crippen molar-refractivity contribution >= 4 is 34.7 Å². The van der Waals surface area contributed by atoms with Crippen molar-refractivity contribution in [3.8, 4) is 0 Å². The van der Waals surface area contributed by atoms with Gasteiger partial charge in [0.2, 0.25) is 11.8 Å². The number of allylic oxidation sites excluding steroid dienone is 2. The predicted molar refractivity (Wildman–Crippen MR) is 130 cm³/mol. The summed E-state index contributed by atoms with van der Waals surface area (Å²) < 4.78 is 5.80. The number of carbonyl (C=O) groups is 3. The average Bonchev–Trinajstić information content (AvgIpc) is 3.06. The highest BCUT2D eigenvalue weighted by atomic mass is 32.2. The predicted octanol–water partition coefficient (Wildman–Crippen LogP) is 5.08. The van der Waals surface area contributed by atoms with E-state index >= 15 is 0 Å². The average molecular weight is 488 g/mol. The van der Waals surface area contributed by atoms with Crippen molar-refractivity contribution in [3.63, 3.8) is 0 Å². The number of ether oxygens (including phenoxy) is 1. The first-order valence-electron chi connectivity index (χ1n) is 12.7. The number of hydrogen-bond donors (Lipinski definition) is 1. The molecule has 3 fully saturated rings. The van der Waals surface area contributed by atoms with E-state index in [1.807, 2.05) is 0 Å². The van der Waals surface area contributed by atoms with Crippen LogP contribution in [0.3, 0.4) is 0 Å². The molecule has 7 nitrogen and oxygen atoms in total. The lowest BCUT2D eigenvalue weighted by Crippen LogP contribution is -2.57. The summed E-state index contributed by atoms with van der Waals surface area (Å²) in [6, 6.07) is 0. The van der Waals surface area contributed by atoms with Crippen LogP contribution in [0.4, 0.5) is 0 Å². The molecule has 34 heavy (non-hydrogen) atoms. The Hall–Kier alpha value is -1.83. The number of hydrogen-bond acceptors (Lipinski definition) is 6. The van der Waals surface area contributed by atoms with E-state index in [0.717, 1.165) is 55.5 Å². The molecule has 5 aliphatic rings. The maximum Gasteiger partial charge on any atom is 0.302 e. The van der Waals surface area contributed by atoms with Crippen molar-refractivity contribution in [1.29, 1.82) is 5.41 Å². The Morgan fingerprint density at radius 2 is 1.62 bits per heavy atom. The third-order valence-electron chi connectivity index (χ3n) is 10.1. The van der Waals surface area contributed by atoms with Gasteiger partial charge in [0.25, 0.3) is 0 Å². The molecule has 2 amide bonds. The van der Waals surface area contributed by atoms with Gasteiger partial charge in [-0.3, -0.25) is 19.8 Å². The van der Waals surface area contributed by atoms with Gasteiger partial charge in [-0.2, -0.15) is 5.01 Å². The number of fused-ring (bicyclic) bond motifs is 5. The number of amides is 2. The highest BCUT2D eigenvalue weighted by molar-refractivity contribution is 8.17. The molecule has 0 aromatic rings. The summed E-state index contributed by atoms with van der Waals surface area (Å²) in [5, 5.41) is 11.3. The van der Waals surface area contributed by atoms with Gasteiger partial charge in [-0.25, -0.2) is 5.01 Å². The van der Waals surface area contributed by atoms with Crippen LogP contribution in [0.2, 0.25) is 0 Å². The number of nitrogens with one attached hydrogen (secondary N) is 1. The standard InChI is InChI=1S/C26H37N3O4S/c1-14(30)28-21-12-17-6-7-18-19-8-9-23(33-16(3)32)25(19,4)11-10-20(18)26(17,5)13-22(21)34-24(27)29(28)15(2)31/h17-20,23,27H,6-13H2,1-5H3/t17-,18-,19-,20-,23-,25-,26-/m0/s1. The zero-order chi connectivity index (χ0) is 24.6. The zero-order valence-electron chi connectivity index (χ0n) is 21.0. The zero-order valence-corrected chi connectivity index (χ0v) is 21.8. The number of hydrazine groups is 1. The summed E-state index contributed by atoms with van der Waals surface area (Å²) in [5.74, 6) is 1.61.